The fourth-order valence-electron chi connectivity index (χ4n) is 1.61. The summed E-state index contributed by atoms with van der Waals surface area (Å²) in [6.45, 7) is 0. The summed E-state index contributed by atoms with van der Waals surface area (Å²) in [5.74, 6) is 0. The SMILES string of the molecule is N[C@H](CC(F)(F)F)c1cncn1C1CC1. The minimum absolute atomic E-state index is 0.307. The summed E-state index contributed by atoms with van der Waals surface area (Å²) in [6, 6.07) is -0.699. The van der Waals surface area contributed by atoms with Crippen LogP contribution < -0.4 is 5.73 Å². The third kappa shape index (κ3) is 2.50. The van der Waals surface area contributed by atoms with Gasteiger partial charge in [-0.05, 0) is 12.8 Å². The van der Waals surface area contributed by atoms with Crippen molar-refractivity contribution in [2.24, 2.45) is 5.73 Å². The van der Waals surface area contributed by atoms with Gasteiger partial charge >= 0.3 is 6.18 Å². The number of halogens is 3. The first-order valence-electron chi connectivity index (χ1n) is 4.81. The van der Waals surface area contributed by atoms with E-state index in [1.807, 2.05) is 0 Å². The lowest BCUT2D eigenvalue weighted by atomic mass is 10.1. The minimum Gasteiger partial charge on any atom is -0.330 e. The van der Waals surface area contributed by atoms with Crippen LogP contribution in [0, 0.1) is 0 Å². The van der Waals surface area contributed by atoms with Gasteiger partial charge in [0.15, 0.2) is 0 Å². The Morgan fingerprint density at radius 3 is 2.73 bits per heavy atom. The summed E-state index contributed by atoms with van der Waals surface area (Å²) in [5, 5.41) is 0. The highest BCUT2D eigenvalue weighted by Gasteiger charge is 2.34. The second kappa shape index (κ2) is 3.52. The Balaban J connectivity index is 2.10. The van der Waals surface area contributed by atoms with E-state index in [9.17, 15) is 13.2 Å². The van der Waals surface area contributed by atoms with E-state index in [4.69, 9.17) is 5.73 Å². The molecular weight excluding hydrogens is 207 g/mol. The van der Waals surface area contributed by atoms with Crippen molar-refractivity contribution in [3.8, 4) is 0 Å². The number of rotatable bonds is 3. The second-order valence-corrected chi connectivity index (χ2v) is 3.88. The van der Waals surface area contributed by atoms with E-state index in [-0.39, 0.29) is 0 Å². The van der Waals surface area contributed by atoms with Crippen LogP contribution in [0.25, 0.3) is 0 Å². The molecule has 1 saturated carbocycles. The molecule has 1 aromatic heterocycles. The molecule has 0 bridgehead atoms. The van der Waals surface area contributed by atoms with Crippen LogP contribution in [0.5, 0.6) is 0 Å². The molecule has 0 radical (unpaired) electrons. The number of nitrogens with two attached hydrogens (primary N) is 1. The van der Waals surface area contributed by atoms with Crippen LogP contribution in [-0.2, 0) is 0 Å². The molecule has 84 valence electrons. The minimum atomic E-state index is -4.22. The normalized spacial score (nSPS) is 19.2. The number of nitrogens with zero attached hydrogens (tertiary/aromatic N) is 2. The zero-order valence-electron chi connectivity index (χ0n) is 8.04. The van der Waals surface area contributed by atoms with E-state index in [1.54, 1.807) is 10.9 Å². The lowest BCUT2D eigenvalue weighted by molar-refractivity contribution is -0.138. The second-order valence-electron chi connectivity index (χ2n) is 3.88. The van der Waals surface area contributed by atoms with E-state index < -0.39 is 18.6 Å². The van der Waals surface area contributed by atoms with Crippen molar-refractivity contribution >= 4 is 0 Å². The molecule has 0 spiro atoms. The first-order chi connectivity index (χ1) is 6.97. The van der Waals surface area contributed by atoms with Crippen LogP contribution in [-0.4, -0.2) is 15.7 Å². The molecule has 0 amide bonds. The molecule has 15 heavy (non-hydrogen) atoms. The lowest BCUT2D eigenvalue weighted by Gasteiger charge is -2.15. The summed E-state index contributed by atoms with van der Waals surface area (Å²) < 4.78 is 38.2. The Bertz CT molecular complexity index is 341. The van der Waals surface area contributed by atoms with Crippen LogP contribution in [0.3, 0.4) is 0 Å². The molecule has 0 unspecified atom stereocenters. The Morgan fingerprint density at radius 1 is 1.53 bits per heavy atom. The van der Waals surface area contributed by atoms with Crippen LogP contribution in [0.2, 0.25) is 0 Å². The highest BCUT2D eigenvalue weighted by Crippen LogP contribution is 2.38. The molecule has 3 nitrogen and oxygen atoms in total. The largest absolute Gasteiger partial charge is 0.390 e. The van der Waals surface area contributed by atoms with Gasteiger partial charge in [-0.15, -0.1) is 0 Å². The highest BCUT2D eigenvalue weighted by molar-refractivity contribution is 5.08. The van der Waals surface area contributed by atoms with Gasteiger partial charge in [-0.2, -0.15) is 13.2 Å². The highest BCUT2D eigenvalue weighted by atomic mass is 19.4. The molecule has 2 N–H and O–H groups in total. The molecule has 2 rings (SSSR count). The standard InChI is InChI=1S/C9H12F3N3/c10-9(11,12)3-7(13)8-4-14-5-15(8)6-1-2-6/h4-7H,1-3,13H2/t7-/m1/s1. The fraction of sp³-hybridized carbons (Fsp3) is 0.667. The molecule has 1 aliphatic rings. The first kappa shape index (κ1) is 10.5. The van der Waals surface area contributed by atoms with Crippen molar-refractivity contribution in [2.45, 2.75) is 37.5 Å². The molecule has 1 aliphatic carbocycles. The quantitative estimate of drug-likeness (QED) is 0.846. The van der Waals surface area contributed by atoms with Gasteiger partial charge in [0, 0.05) is 12.2 Å². The summed E-state index contributed by atoms with van der Waals surface area (Å²) in [5.41, 5.74) is 5.99. The van der Waals surface area contributed by atoms with E-state index in [2.05, 4.69) is 4.98 Å². The van der Waals surface area contributed by atoms with Crippen molar-refractivity contribution in [2.75, 3.05) is 0 Å². The maximum Gasteiger partial charge on any atom is 0.390 e. The molecule has 1 aromatic rings. The fourth-order valence-corrected chi connectivity index (χ4v) is 1.61. The number of alkyl halides is 3. The zero-order chi connectivity index (χ0) is 11.1. The summed E-state index contributed by atoms with van der Waals surface area (Å²) >= 11 is 0. The van der Waals surface area contributed by atoms with E-state index in [0.29, 0.717) is 11.7 Å². The van der Waals surface area contributed by atoms with Crippen LogP contribution in [0.15, 0.2) is 12.5 Å². The molecule has 0 aliphatic heterocycles. The number of imidazole rings is 1. The third-order valence-electron chi connectivity index (χ3n) is 2.47. The van der Waals surface area contributed by atoms with Gasteiger partial charge in [0.25, 0.3) is 0 Å². The molecule has 0 aromatic carbocycles. The van der Waals surface area contributed by atoms with Crippen LogP contribution in [0.1, 0.15) is 37.0 Å². The van der Waals surface area contributed by atoms with Crippen molar-refractivity contribution < 1.29 is 13.2 Å². The van der Waals surface area contributed by atoms with Crippen molar-refractivity contribution in [3.05, 3.63) is 18.2 Å². The topological polar surface area (TPSA) is 43.8 Å². The maximum absolute atomic E-state index is 12.1. The van der Waals surface area contributed by atoms with Gasteiger partial charge < -0.3 is 10.3 Å². The summed E-state index contributed by atoms with van der Waals surface area (Å²) in [7, 11) is 0. The number of hydrogen-bond acceptors (Lipinski definition) is 2. The molecule has 1 atom stereocenters. The van der Waals surface area contributed by atoms with Crippen molar-refractivity contribution in [3.63, 3.8) is 0 Å². The Morgan fingerprint density at radius 2 is 2.20 bits per heavy atom. The van der Waals surface area contributed by atoms with Gasteiger partial charge in [-0.25, -0.2) is 4.98 Å². The van der Waals surface area contributed by atoms with Gasteiger partial charge in [-0.3, -0.25) is 0 Å². The van der Waals surface area contributed by atoms with E-state index in [0.717, 1.165) is 12.8 Å². The number of hydrogen-bond donors (Lipinski definition) is 1. The average molecular weight is 219 g/mol. The predicted molar refractivity (Wildman–Crippen MR) is 48.1 cm³/mol. The molecule has 1 heterocycles. The smallest absolute Gasteiger partial charge is 0.330 e. The van der Waals surface area contributed by atoms with Crippen molar-refractivity contribution in [1.29, 1.82) is 0 Å². The van der Waals surface area contributed by atoms with Gasteiger partial charge in [-0.1, -0.05) is 0 Å². The molecule has 0 saturated heterocycles. The van der Waals surface area contributed by atoms with E-state index >= 15 is 0 Å². The van der Waals surface area contributed by atoms with Crippen LogP contribution in [0.4, 0.5) is 13.2 Å². The zero-order valence-corrected chi connectivity index (χ0v) is 8.04. The first-order valence-corrected chi connectivity index (χ1v) is 4.81. The summed E-state index contributed by atoms with van der Waals surface area (Å²) in [6.07, 6.45) is -0.231. The predicted octanol–water partition coefficient (Wildman–Crippen LogP) is 2.17. The summed E-state index contributed by atoms with van der Waals surface area (Å²) in [4.78, 5) is 3.85. The molecule has 6 heteroatoms. The van der Waals surface area contributed by atoms with Gasteiger partial charge in [0.05, 0.1) is 24.5 Å². The Hall–Kier alpha value is -1.04. The number of aromatic nitrogens is 2. The van der Waals surface area contributed by atoms with Crippen molar-refractivity contribution in [1.82, 2.24) is 9.55 Å². The van der Waals surface area contributed by atoms with Gasteiger partial charge in [0.1, 0.15) is 0 Å². The maximum atomic E-state index is 12.1. The average Bonchev–Trinajstić information content (AvgIpc) is 2.80. The Labute approximate surface area is 85.1 Å². The molecular formula is C9H12F3N3. The Kier molecular flexibility index (Phi) is 2.46. The van der Waals surface area contributed by atoms with Gasteiger partial charge in [0.2, 0.25) is 0 Å². The monoisotopic (exact) mass is 219 g/mol. The molecule has 1 fully saturated rings. The van der Waals surface area contributed by atoms with E-state index in [1.165, 1.54) is 6.20 Å². The third-order valence-corrected chi connectivity index (χ3v) is 2.47. The van der Waals surface area contributed by atoms with Crippen LogP contribution >= 0.6 is 0 Å². The lowest BCUT2D eigenvalue weighted by Crippen LogP contribution is -2.22.